The smallest absolute Gasteiger partial charge is 0.247 e. The number of ether oxygens (including phenoxy) is 1. The lowest BCUT2D eigenvalue weighted by atomic mass is 9.88. The summed E-state index contributed by atoms with van der Waals surface area (Å²) in [5.74, 6) is 6.41. The second kappa shape index (κ2) is 12.2. The molecule has 8 heteroatoms. The highest BCUT2D eigenvalue weighted by molar-refractivity contribution is 7.89. The number of hydrogen-bond acceptors (Lipinski definition) is 5. The van der Waals surface area contributed by atoms with E-state index in [4.69, 9.17) is 4.74 Å². The first-order valence-electron chi connectivity index (χ1n) is 12.9. The fraction of sp³-hybridized carbons (Fsp3) is 0.667. The third-order valence-electron chi connectivity index (χ3n) is 7.06. The maximum Gasteiger partial charge on any atom is 0.247 e. The van der Waals surface area contributed by atoms with Crippen LogP contribution in [0, 0.1) is 23.7 Å². The van der Waals surface area contributed by atoms with Gasteiger partial charge in [0.25, 0.3) is 0 Å². The molecule has 0 unspecified atom stereocenters. The molecule has 194 valence electrons. The average Bonchev–Trinajstić information content (AvgIpc) is 2.85. The van der Waals surface area contributed by atoms with Crippen molar-refractivity contribution in [2.75, 3.05) is 26.7 Å². The number of sulfonamides is 1. The van der Waals surface area contributed by atoms with Crippen molar-refractivity contribution >= 4 is 15.9 Å². The van der Waals surface area contributed by atoms with Crippen LogP contribution in [-0.2, 0) is 14.8 Å². The van der Waals surface area contributed by atoms with Gasteiger partial charge in [0.2, 0.25) is 15.9 Å². The largest absolute Gasteiger partial charge is 0.487 e. The summed E-state index contributed by atoms with van der Waals surface area (Å²) in [6.45, 7) is 5.96. The predicted molar refractivity (Wildman–Crippen MR) is 136 cm³/mol. The minimum Gasteiger partial charge on any atom is -0.487 e. The number of fused-ring (bicyclic) bond motifs is 1. The first kappa shape index (κ1) is 27.5. The molecule has 1 fully saturated rings. The fourth-order valence-electron chi connectivity index (χ4n) is 4.83. The Morgan fingerprint density at radius 2 is 2.00 bits per heavy atom. The van der Waals surface area contributed by atoms with Gasteiger partial charge in [0, 0.05) is 43.5 Å². The van der Waals surface area contributed by atoms with Gasteiger partial charge in [-0.05, 0) is 44.4 Å². The van der Waals surface area contributed by atoms with Crippen molar-refractivity contribution in [3.8, 4) is 17.6 Å². The van der Waals surface area contributed by atoms with Crippen LogP contribution >= 0.6 is 0 Å². The van der Waals surface area contributed by atoms with Gasteiger partial charge in [-0.25, -0.2) is 8.42 Å². The molecule has 1 heterocycles. The number of carbonyl (C=O) groups excluding carboxylic acids is 1. The third-order valence-corrected chi connectivity index (χ3v) is 9.08. The zero-order valence-electron chi connectivity index (χ0n) is 21.5. The summed E-state index contributed by atoms with van der Waals surface area (Å²) in [4.78, 5) is 14.9. The minimum atomic E-state index is -3.89. The number of hydrogen-bond donors (Lipinski definition) is 1. The van der Waals surface area contributed by atoms with Crippen LogP contribution in [0.25, 0.3) is 0 Å². The van der Waals surface area contributed by atoms with Crippen LogP contribution in [0.5, 0.6) is 5.75 Å². The molecule has 1 aromatic rings. The van der Waals surface area contributed by atoms with Crippen LogP contribution in [0.2, 0.25) is 0 Å². The van der Waals surface area contributed by atoms with Crippen LogP contribution in [0.4, 0.5) is 0 Å². The highest BCUT2D eigenvalue weighted by atomic mass is 32.2. The molecule has 0 aromatic heterocycles. The average molecular weight is 505 g/mol. The standard InChI is InChI=1S/C27H40N2O5S/c1-5-6-8-11-22-14-15-26-24(16-22)34-25(18-28(4)27(31)23-12-9-7-10-13-23)20(2)17-29(21(3)19-30)35(26,32)33/h14-16,20-21,23,25,30H,5-7,9-10,12-13,17-19H2,1-4H3/t20-,21+,25-/m1/s1. The van der Waals surface area contributed by atoms with Crippen molar-refractivity contribution < 1.29 is 23.1 Å². The van der Waals surface area contributed by atoms with Crippen molar-refractivity contribution in [3.05, 3.63) is 23.8 Å². The molecule has 1 aromatic carbocycles. The predicted octanol–water partition coefficient (Wildman–Crippen LogP) is 3.65. The van der Waals surface area contributed by atoms with E-state index in [1.165, 1.54) is 10.7 Å². The van der Waals surface area contributed by atoms with Crippen LogP contribution in [-0.4, -0.2) is 67.5 Å². The molecule has 1 aliphatic carbocycles. The van der Waals surface area contributed by atoms with Crippen molar-refractivity contribution in [1.82, 2.24) is 9.21 Å². The molecule has 0 radical (unpaired) electrons. The first-order chi connectivity index (χ1) is 16.7. The molecule has 0 spiro atoms. The lowest BCUT2D eigenvalue weighted by Gasteiger charge is -2.38. The number of aliphatic hydroxyl groups is 1. The van der Waals surface area contributed by atoms with Gasteiger partial charge in [-0.3, -0.25) is 4.79 Å². The van der Waals surface area contributed by atoms with E-state index in [1.54, 1.807) is 30.0 Å². The molecule has 7 nitrogen and oxygen atoms in total. The molecule has 2 aliphatic rings. The molecular formula is C27H40N2O5S. The molecule has 1 saturated carbocycles. The molecular weight excluding hydrogens is 464 g/mol. The summed E-state index contributed by atoms with van der Waals surface area (Å²) in [6.07, 6.45) is 6.49. The van der Waals surface area contributed by atoms with Gasteiger partial charge in [0.15, 0.2) is 0 Å². The van der Waals surface area contributed by atoms with E-state index in [1.807, 2.05) is 14.0 Å². The van der Waals surface area contributed by atoms with E-state index in [9.17, 15) is 18.3 Å². The van der Waals surface area contributed by atoms with Gasteiger partial charge in [-0.1, -0.05) is 45.0 Å². The number of unbranched alkanes of at least 4 members (excludes halogenated alkanes) is 1. The molecule has 1 amide bonds. The Hall–Kier alpha value is -2.08. The maximum absolute atomic E-state index is 13.6. The molecule has 3 rings (SSSR count). The number of rotatable bonds is 6. The van der Waals surface area contributed by atoms with E-state index in [-0.39, 0.29) is 41.5 Å². The van der Waals surface area contributed by atoms with Crippen molar-refractivity contribution in [3.63, 3.8) is 0 Å². The lowest BCUT2D eigenvalue weighted by molar-refractivity contribution is -0.136. The second-order valence-electron chi connectivity index (χ2n) is 10.0. The third kappa shape index (κ3) is 6.58. The van der Waals surface area contributed by atoms with Gasteiger partial charge in [0.1, 0.15) is 16.7 Å². The summed E-state index contributed by atoms with van der Waals surface area (Å²) >= 11 is 0. The van der Waals surface area contributed by atoms with Gasteiger partial charge in [-0.2, -0.15) is 4.31 Å². The highest BCUT2D eigenvalue weighted by Gasteiger charge is 2.38. The Morgan fingerprint density at radius 1 is 1.29 bits per heavy atom. The van der Waals surface area contributed by atoms with E-state index in [0.29, 0.717) is 12.1 Å². The van der Waals surface area contributed by atoms with Gasteiger partial charge in [-0.15, -0.1) is 0 Å². The number of aliphatic hydroxyl groups excluding tert-OH is 1. The van der Waals surface area contributed by atoms with Crippen molar-refractivity contribution in [2.24, 2.45) is 11.8 Å². The summed E-state index contributed by atoms with van der Waals surface area (Å²) < 4.78 is 34.9. The lowest BCUT2D eigenvalue weighted by Crippen LogP contribution is -2.50. The Labute approximate surface area is 210 Å². The van der Waals surface area contributed by atoms with E-state index in [2.05, 4.69) is 18.8 Å². The Balaban J connectivity index is 1.96. The summed E-state index contributed by atoms with van der Waals surface area (Å²) in [5.41, 5.74) is 0.688. The van der Waals surface area contributed by atoms with E-state index < -0.39 is 22.2 Å². The number of likely N-dealkylation sites (N-methyl/N-ethyl adjacent to an activating group) is 1. The Bertz CT molecular complexity index is 1040. The van der Waals surface area contributed by atoms with Gasteiger partial charge >= 0.3 is 0 Å². The number of nitrogens with zero attached hydrogens (tertiary/aromatic N) is 2. The molecule has 0 bridgehead atoms. The molecule has 3 atom stereocenters. The zero-order chi connectivity index (χ0) is 25.6. The fourth-order valence-corrected chi connectivity index (χ4v) is 6.66. The SMILES string of the molecule is CCCC#Cc1ccc2c(c1)O[C@H](CN(C)C(=O)C1CCCCC1)[C@H](C)CN([C@@H](C)CO)S2(=O)=O. The second-order valence-corrected chi connectivity index (χ2v) is 11.9. The van der Waals surface area contributed by atoms with Crippen LogP contribution in [0.3, 0.4) is 0 Å². The molecule has 1 N–H and O–H groups in total. The minimum absolute atomic E-state index is 0.0524. The Morgan fingerprint density at radius 3 is 2.66 bits per heavy atom. The van der Waals surface area contributed by atoms with Crippen LogP contribution in [0.1, 0.15) is 71.3 Å². The van der Waals surface area contributed by atoms with E-state index >= 15 is 0 Å². The van der Waals surface area contributed by atoms with Crippen molar-refractivity contribution in [1.29, 1.82) is 0 Å². The summed E-state index contributed by atoms with van der Waals surface area (Å²) in [7, 11) is -2.08. The summed E-state index contributed by atoms with van der Waals surface area (Å²) in [6, 6.07) is 4.34. The number of amides is 1. The normalized spacial score (nSPS) is 23.6. The molecule has 1 aliphatic heterocycles. The van der Waals surface area contributed by atoms with Crippen LogP contribution in [0.15, 0.2) is 23.1 Å². The number of benzene rings is 1. The number of carbonyl (C=O) groups is 1. The quantitative estimate of drug-likeness (QED) is 0.598. The van der Waals surface area contributed by atoms with E-state index in [0.717, 1.165) is 38.5 Å². The zero-order valence-corrected chi connectivity index (χ0v) is 22.3. The Kier molecular flexibility index (Phi) is 9.62. The molecule has 35 heavy (non-hydrogen) atoms. The van der Waals surface area contributed by atoms with Crippen molar-refractivity contribution in [2.45, 2.75) is 82.8 Å². The summed E-state index contributed by atoms with van der Waals surface area (Å²) in [5, 5.41) is 9.80. The monoisotopic (exact) mass is 504 g/mol. The molecule has 0 saturated heterocycles. The van der Waals surface area contributed by atoms with Gasteiger partial charge < -0.3 is 14.7 Å². The van der Waals surface area contributed by atoms with Crippen LogP contribution < -0.4 is 4.74 Å². The maximum atomic E-state index is 13.6. The highest BCUT2D eigenvalue weighted by Crippen LogP contribution is 2.34. The first-order valence-corrected chi connectivity index (χ1v) is 14.3. The topological polar surface area (TPSA) is 87.2 Å². The van der Waals surface area contributed by atoms with Gasteiger partial charge in [0.05, 0.1) is 13.2 Å².